The average molecular weight is 261 g/mol. The predicted octanol–water partition coefficient (Wildman–Crippen LogP) is 1.07. The molecular weight excluding hydrogens is 242 g/mol. The number of hydrogen-bond acceptors (Lipinski definition) is 5. The molecule has 0 radical (unpaired) electrons. The van der Waals surface area contributed by atoms with Gasteiger partial charge in [-0.25, -0.2) is 0 Å². The van der Waals surface area contributed by atoms with E-state index in [1.54, 1.807) is 7.05 Å². The van der Waals surface area contributed by atoms with Gasteiger partial charge in [-0.3, -0.25) is 0 Å². The van der Waals surface area contributed by atoms with Crippen molar-refractivity contribution in [3.8, 4) is 5.75 Å². The number of nitrogens with two attached hydrogens (primary N) is 1. The SMILES string of the molecule is CCC(N)Cc1ccccc1OCc1nnn(C)n1. The second-order valence-corrected chi connectivity index (χ2v) is 4.46. The van der Waals surface area contributed by atoms with Crippen LogP contribution in [0.4, 0.5) is 0 Å². The highest BCUT2D eigenvalue weighted by molar-refractivity contribution is 5.34. The molecule has 2 aromatic rings. The summed E-state index contributed by atoms with van der Waals surface area (Å²) in [5, 5.41) is 11.7. The van der Waals surface area contributed by atoms with E-state index < -0.39 is 0 Å². The average Bonchev–Trinajstić information content (AvgIpc) is 2.83. The summed E-state index contributed by atoms with van der Waals surface area (Å²) in [6.07, 6.45) is 1.75. The van der Waals surface area contributed by atoms with Crippen molar-refractivity contribution in [1.82, 2.24) is 20.2 Å². The minimum Gasteiger partial charge on any atom is -0.485 e. The lowest BCUT2D eigenvalue weighted by Gasteiger charge is -2.13. The fraction of sp³-hybridized carbons (Fsp3) is 0.462. The van der Waals surface area contributed by atoms with E-state index in [0.29, 0.717) is 12.4 Å². The van der Waals surface area contributed by atoms with Gasteiger partial charge in [0.1, 0.15) is 5.75 Å². The van der Waals surface area contributed by atoms with Gasteiger partial charge in [0.05, 0.1) is 7.05 Å². The molecule has 0 aliphatic rings. The van der Waals surface area contributed by atoms with Gasteiger partial charge in [0, 0.05) is 6.04 Å². The Bertz CT molecular complexity index is 525. The van der Waals surface area contributed by atoms with E-state index in [1.165, 1.54) is 4.80 Å². The van der Waals surface area contributed by atoms with Crippen LogP contribution in [0.15, 0.2) is 24.3 Å². The number of hydrogen-bond donors (Lipinski definition) is 1. The van der Waals surface area contributed by atoms with Crippen molar-refractivity contribution in [2.24, 2.45) is 12.8 Å². The van der Waals surface area contributed by atoms with E-state index >= 15 is 0 Å². The third-order valence-electron chi connectivity index (χ3n) is 2.89. The molecule has 1 heterocycles. The van der Waals surface area contributed by atoms with Gasteiger partial charge >= 0.3 is 0 Å². The highest BCUT2D eigenvalue weighted by Crippen LogP contribution is 2.20. The van der Waals surface area contributed by atoms with E-state index in [-0.39, 0.29) is 6.04 Å². The molecule has 2 rings (SSSR count). The van der Waals surface area contributed by atoms with E-state index in [1.807, 2.05) is 24.3 Å². The zero-order valence-corrected chi connectivity index (χ0v) is 11.3. The Kier molecular flexibility index (Phi) is 4.46. The molecule has 0 bridgehead atoms. The van der Waals surface area contributed by atoms with E-state index in [9.17, 15) is 0 Å². The summed E-state index contributed by atoms with van der Waals surface area (Å²) in [4.78, 5) is 1.41. The highest BCUT2D eigenvalue weighted by atomic mass is 16.5. The van der Waals surface area contributed by atoms with Gasteiger partial charge < -0.3 is 10.5 Å². The van der Waals surface area contributed by atoms with Gasteiger partial charge in [0.25, 0.3) is 0 Å². The van der Waals surface area contributed by atoms with Crippen LogP contribution in [0.1, 0.15) is 24.7 Å². The summed E-state index contributed by atoms with van der Waals surface area (Å²) < 4.78 is 5.75. The zero-order valence-electron chi connectivity index (χ0n) is 11.3. The molecule has 2 N–H and O–H groups in total. The standard InChI is InChI=1S/C13H19N5O/c1-3-11(14)8-10-6-4-5-7-12(10)19-9-13-15-17-18(2)16-13/h4-7,11H,3,8-9,14H2,1-2H3. The predicted molar refractivity (Wildman–Crippen MR) is 71.5 cm³/mol. The molecule has 6 nitrogen and oxygen atoms in total. The molecule has 1 aromatic heterocycles. The van der Waals surface area contributed by atoms with Crippen molar-refractivity contribution in [2.45, 2.75) is 32.4 Å². The second-order valence-electron chi connectivity index (χ2n) is 4.46. The van der Waals surface area contributed by atoms with Crippen molar-refractivity contribution < 1.29 is 4.74 Å². The van der Waals surface area contributed by atoms with Crippen LogP contribution in [-0.4, -0.2) is 26.2 Å². The molecule has 1 atom stereocenters. The van der Waals surface area contributed by atoms with Crippen molar-refractivity contribution in [1.29, 1.82) is 0 Å². The van der Waals surface area contributed by atoms with E-state index in [0.717, 1.165) is 24.2 Å². The molecule has 19 heavy (non-hydrogen) atoms. The molecule has 0 fully saturated rings. The Labute approximate surface area is 112 Å². The molecule has 0 aliphatic heterocycles. The molecule has 6 heteroatoms. The van der Waals surface area contributed by atoms with Crippen molar-refractivity contribution in [3.05, 3.63) is 35.7 Å². The highest BCUT2D eigenvalue weighted by Gasteiger charge is 2.08. The van der Waals surface area contributed by atoms with Crippen LogP contribution >= 0.6 is 0 Å². The number of para-hydroxylation sites is 1. The number of aromatic nitrogens is 4. The molecule has 0 saturated heterocycles. The fourth-order valence-electron chi connectivity index (χ4n) is 1.76. The molecule has 0 saturated carbocycles. The fourth-order valence-corrected chi connectivity index (χ4v) is 1.76. The van der Waals surface area contributed by atoms with E-state index in [4.69, 9.17) is 10.5 Å². The van der Waals surface area contributed by atoms with Crippen LogP contribution < -0.4 is 10.5 Å². The summed E-state index contributed by atoms with van der Waals surface area (Å²) >= 11 is 0. The minimum atomic E-state index is 0.152. The van der Waals surface area contributed by atoms with Crippen molar-refractivity contribution in [3.63, 3.8) is 0 Å². The van der Waals surface area contributed by atoms with Crippen molar-refractivity contribution >= 4 is 0 Å². The van der Waals surface area contributed by atoms with Gasteiger partial charge in [0.15, 0.2) is 6.61 Å². The second kappa shape index (κ2) is 6.29. The number of rotatable bonds is 6. The summed E-state index contributed by atoms with van der Waals surface area (Å²) in [6, 6.07) is 8.06. The topological polar surface area (TPSA) is 78.9 Å². The Morgan fingerprint density at radius 1 is 1.37 bits per heavy atom. The smallest absolute Gasteiger partial charge is 0.212 e. The lowest BCUT2D eigenvalue weighted by atomic mass is 10.0. The summed E-state index contributed by atoms with van der Waals surface area (Å²) in [6.45, 7) is 2.39. The summed E-state index contributed by atoms with van der Waals surface area (Å²) in [7, 11) is 1.73. The molecule has 0 spiro atoms. The van der Waals surface area contributed by atoms with Gasteiger partial charge in [-0.05, 0) is 29.7 Å². The van der Waals surface area contributed by atoms with Crippen LogP contribution in [0.5, 0.6) is 5.75 Å². The monoisotopic (exact) mass is 261 g/mol. The van der Waals surface area contributed by atoms with Crippen LogP contribution in [0.3, 0.4) is 0 Å². The van der Waals surface area contributed by atoms with Crippen LogP contribution in [-0.2, 0) is 20.1 Å². The van der Waals surface area contributed by atoms with Gasteiger partial charge in [-0.2, -0.15) is 4.80 Å². The molecule has 102 valence electrons. The Hall–Kier alpha value is -1.95. The number of benzene rings is 1. The maximum atomic E-state index is 5.99. The normalized spacial score (nSPS) is 12.4. The Morgan fingerprint density at radius 2 is 2.16 bits per heavy atom. The first-order chi connectivity index (χ1) is 9.19. The zero-order chi connectivity index (χ0) is 13.7. The first-order valence-electron chi connectivity index (χ1n) is 6.38. The number of aryl methyl sites for hydroxylation is 1. The summed E-state index contributed by atoms with van der Waals surface area (Å²) in [5.74, 6) is 1.40. The molecule has 0 amide bonds. The van der Waals surface area contributed by atoms with Crippen molar-refractivity contribution in [2.75, 3.05) is 0 Å². The first kappa shape index (κ1) is 13.5. The van der Waals surface area contributed by atoms with E-state index in [2.05, 4.69) is 22.3 Å². The minimum absolute atomic E-state index is 0.152. The lowest BCUT2D eigenvalue weighted by Crippen LogP contribution is -2.21. The Morgan fingerprint density at radius 3 is 2.84 bits per heavy atom. The maximum absolute atomic E-state index is 5.99. The third kappa shape index (κ3) is 3.75. The number of tetrazole rings is 1. The first-order valence-corrected chi connectivity index (χ1v) is 6.38. The van der Waals surface area contributed by atoms with Crippen LogP contribution in [0.25, 0.3) is 0 Å². The Balaban J connectivity index is 2.03. The lowest BCUT2D eigenvalue weighted by molar-refractivity contribution is 0.291. The molecule has 0 aliphatic carbocycles. The molecule has 1 aromatic carbocycles. The molecular formula is C13H19N5O. The molecule has 1 unspecified atom stereocenters. The largest absolute Gasteiger partial charge is 0.485 e. The number of ether oxygens (including phenoxy) is 1. The van der Waals surface area contributed by atoms with Crippen LogP contribution in [0, 0.1) is 0 Å². The maximum Gasteiger partial charge on any atom is 0.212 e. The quantitative estimate of drug-likeness (QED) is 0.841. The van der Waals surface area contributed by atoms with Gasteiger partial charge in [0.2, 0.25) is 5.82 Å². The van der Waals surface area contributed by atoms with Gasteiger partial charge in [-0.15, -0.1) is 10.2 Å². The third-order valence-corrected chi connectivity index (χ3v) is 2.89. The van der Waals surface area contributed by atoms with Gasteiger partial charge in [-0.1, -0.05) is 25.1 Å². The summed E-state index contributed by atoms with van der Waals surface area (Å²) in [5.41, 5.74) is 7.10. The number of nitrogens with zero attached hydrogens (tertiary/aromatic N) is 4. The van der Waals surface area contributed by atoms with Crippen LogP contribution in [0.2, 0.25) is 0 Å².